The van der Waals surface area contributed by atoms with Crippen LogP contribution in [-0.4, -0.2) is 49.7 Å². The summed E-state index contributed by atoms with van der Waals surface area (Å²) in [4.78, 5) is 2.21. The van der Waals surface area contributed by atoms with Crippen LogP contribution in [0.2, 0.25) is 0 Å². The first-order chi connectivity index (χ1) is 8.40. The van der Waals surface area contributed by atoms with Gasteiger partial charge >= 0.3 is 0 Å². The molecule has 4 N–H and O–H groups in total. The van der Waals surface area contributed by atoms with E-state index >= 15 is 0 Å². The second kappa shape index (κ2) is 9.16. The highest BCUT2D eigenvalue weighted by molar-refractivity contribution is 5.85. The number of oxime groups is 1. The average molecular weight is 258 g/mol. The molecule has 0 aromatic carbocycles. The predicted molar refractivity (Wildman–Crippen MR) is 77.1 cm³/mol. The number of nitrogens with zero attached hydrogens (tertiary/aromatic N) is 2. The van der Waals surface area contributed by atoms with Crippen molar-refractivity contribution >= 4 is 5.84 Å². The van der Waals surface area contributed by atoms with Gasteiger partial charge in [0.15, 0.2) is 0 Å². The molecule has 0 atom stereocenters. The van der Waals surface area contributed by atoms with E-state index in [1.165, 1.54) is 12.8 Å². The molecule has 0 fully saturated rings. The summed E-state index contributed by atoms with van der Waals surface area (Å²) in [6.07, 6.45) is 4.40. The second-order valence-corrected chi connectivity index (χ2v) is 5.73. The molecular weight excluding hydrogens is 228 g/mol. The molecule has 0 aliphatic carbocycles. The predicted octanol–water partition coefficient (Wildman–Crippen LogP) is 1.47. The number of nitrogens with one attached hydrogen (secondary N) is 1. The Bertz CT molecular complexity index is 239. The Labute approximate surface area is 111 Å². The summed E-state index contributed by atoms with van der Waals surface area (Å²) in [5, 5.41) is 15.2. The zero-order valence-electron chi connectivity index (χ0n) is 12.4. The van der Waals surface area contributed by atoms with E-state index in [4.69, 9.17) is 10.9 Å². The Kier molecular flexibility index (Phi) is 8.75. The van der Waals surface area contributed by atoms with Crippen LogP contribution < -0.4 is 11.1 Å². The Morgan fingerprint density at radius 2 is 1.83 bits per heavy atom. The van der Waals surface area contributed by atoms with Gasteiger partial charge in [0.2, 0.25) is 0 Å². The van der Waals surface area contributed by atoms with Crippen molar-refractivity contribution in [1.29, 1.82) is 0 Å². The van der Waals surface area contributed by atoms with E-state index in [1.54, 1.807) is 0 Å². The number of nitrogens with two attached hydrogens (primary N) is 1. The van der Waals surface area contributed by atoms with Crippen LogP contribution in [0, 0.1) is 5.41 Å². The fraction of sp³-hybridized carbons (Fsp3) is 0.923. The summed E-state index contributed by atoms with van der Waals surface area (Å²) in [7, 11) is 4.20. The standard InChI is InChI=1S/C13H30N4O/c1-13(2,12(14)16-18)8-7-10-15-9-5-6-11-17(3)4/h15,18H,5-11H2,1-4H3,(H2,14,16). The molecule has 0 aromatic rings. The van der Waals surface area contributed by atoms with E-state index in [9.17, 15) is 0 Å². The molecule has 0 aliphatic rings. The largest absolute Gasteiger partial charge is 0.409 e. The van der Waals surface area contributed by atoms with Crippen molar-refractivity contribution in [3.05, 3.63) is 0 Å². The summed E-state index contributed by atoms with van der Waals surface area (Å²) in [5.74, 6) is 0.313. The van der Waals surface area contributed by atoms with Gasteiger partial charge in [0.1, 0.15) is 5.84 Å². The van der Waals surface area contributed by atoms with Crippen molar-refractivity contribution < 1.29 is 5.21 Å². The van der Waals surface area contributed by atoms with E-state index in [-0.39, 0.29) is 5.41 Å². The molecule has 0 bridgehead atoms. The van der Waals surface area contributed by atoms with Gasteiger partial charge in [-0.1, -0.05) is 19.0 Å². The molecule has 5 nitrogen and oxygen atoms in total. The minimum absolute atomic E-state index is 0.221. The summed E-state index contributed by atoms with van der Waals surface area (Å²) in [6, 6.07) is 0. The van der Waals surface area contributed by atoms with Crippen LogP contribution in [0.25, 0.3) is 0 Å². The highest BCUT2D eigenvalue weighted by Crippen LogP contribution is 2.21. The van der Waals surface area contributed by atoms with Crippen LogP contribution in [0.3, 0.4) is 0 Å². The summed E-state index contributed by atoms with van der Waals surface area (Å²) in [5.41, 5.74) is 5.41. The summed E-state index contributed by atoms with van der Waals surface area (Å²) in [6.45, 7) is 7.21. The van der Waals surface area contributed by atoms with Gasteiger partial charge in [0.05, 0.1) is 0 Å². The first kappa shape index (κ1) is 17.2. The molecule has 0 aromatic heterocycles. The van der Waals surface area contributed by atoms with Gasteiger partial charge in [-0.05, 0) is 59.4 Å². The molecule has 0 heterocycles. The number of amidine groups is 1. The zero-order valence-corrected chi connectivity index (χ0v) is 12.4. The highest BCUT2D eigenvalue weighted by atomic mass is 16.4. The van der Waals surface area contributed by atoms with Crippen LogP contribution in [-0.2, 0) is 0 Å². The molecule has 108 valence electrons. The Morgan fingerprint density at radius 3 is 2.39 bits per heavy atom. The van der Waals surface area contributed by atoms with Gasteiger partial charge in [-0.2, -0.15) is 0 Å². The normalized spacial score (nSPS) is 13.3. The maximum Gasteiger partial charge on any atom is 0.144 e. The molecular formula is C13H30N4O. The summed E-state index contributed by atoms with van der Waals surface area (Å²) < 4.78 is 0. The van der Waals surface area contributed by atoms with Crippen molar-refractivity contribution in [3.63, 3.8) is 0 Å². The third kappa shape index (κ3) is 8.31. The SMILES string of the molecule is CN(C)CCCCNCCCC(C)(C)C(N)=NO. The maximum atomic E-state index is 8.66. The molecule has 0 saturated carbocycles. The Balaban J connectivity index is 3.46. The second-order valence-electron chi connectivity index (χ2n) is 5.73. The van der Waals surface area contributed by atoms with Crippen LogP contribution in [0.4, 0.5) is 0 Å². The van der Waals surface area contributed by atoms with Gasteiger partial charge in [0, 0.05) is 5.41 Å². The minimum atomic E-state index is -0.221. The Hall–Kier alpha value is -0.810. The van der Waals surface area contributed by atoms with E-state index in [2.05, 4.69) is 29.5 Å². The number of hydrogen-bond acceptors (Lipinski definition) is 4. The van der Waals surface area contributed by atoms with Crippen molar-refractivity contribution in [2.24, 2.45) is 16.3 Å². The molecule has 0 radical (unpaired) electrons. The van der Waals surface area contributed by atoms with Crippen molar-refractivity contribution in [2.45, 2.75) is 39.5 Å². The monoisotopic (exact) mass is 258 g/mol. The lowest BCUT2D eigenvalue weighted by molar-refractivity contribution is 0.304. The van der Waals surface area contributed by atoms with Gasteiger partial charge < -0.3 is 21.2 Å². The molecule has 18 heavy (non-hydrogen) atoms. The molecule has 0 rings (SSSR count). The van der Waals surface area contributed by atoms with Gasteiger partial charge in [0.25, 0.3) is 0 Å². The number of rotatable bonds is 10. The lowest BCUT2D eigenvalue weighted by atomic mass is 9.86. The number of hydrogen-bond donors (Lipinski definition) is 3. The summed E-state index contributed by atoms with van der Waals surface area (Å²) >= 11 is 0. The lowest BCUT2D eigenvalue weighted by Gasteiger charge is -2.22. The van der Waals surface area contributed by atoms with Gasteiger partial charge in [-0.3, -0.25) is 0 Å². The van der Waals surface area contributed by atoms with E-state index in [1.807, 2.05) is 13.8 Å². The average Bonchev–Trinajstić information content (AvgIpc) is 2.30. The molecule has 0 amide bonds. The van der Waals surface area contributed by atoms with E-state index in [0.717, 1.165) is 32.5 Å². The smallest absolute Gasteiger partial charge is 0.144 e. The van der Waals surface area contributed by atoms with Crippen LogP contribution in [0.1, 0.15) is 39.5 Å². The van der Waals surface area contributed by atoms with Gasteiger partial charge in [-0.15, -0.1) is 0 Å². The van der Waals surface area contributed by atoms with E-state index < -0.39 is 0 Å². The van der Waals surface area contributed by atoms with Crippen molar-refractivity contribution in [3.8, 4) is 0 Å². The third-order valence-electron chi connectivity index (χ3n) is 3.17. The molecule has 0 aliphatic heterocycles. The highest BCUT2D eigenvalue weighted by Gasteiger charge is 2.22. The zero-order chi connectivity index (χ0) is 14.0. The maximum absolute atomic E-state index is 8.66. The van der Waals surface area contributed by atoms with Crippen molar-refractivity contribution in [2.75, 3.05) is 33.7 Å². The third-order valence-corrected chi connectivity index (χ3v) is 3.17. The van der Waals surface area contributed by atoms with Crippen LogP contribution >= 0.6 is 0 Å². The van der Waals surface area contributed by atoms with Crippen LogP contribution in [0.15, 0.2) is 5.16 Å². The van der Waals surface area contributed by atoms with Gasteiger partial charge in [-0.25, -0.2) is 0 Å². The first-order valence-electron chi connectivity index (χ1n) is 6.73. The first-order valence-corrected chi connectivity index (χ1v) is 6.73. The van der Waals surface area contributed by atoms with Crippen LogP contribution in [0.5, 0.6) is 0 Å². The lowest BCUT2D eigenvalue weighted by Crippen LogP contribution is -2.32. The number of unbranched alkanes of at least 4 members (excludes halogenated alkanes) is 1. The van der Waals surface area contributed by atoms with Crippen molar-refractivity contribution in [1.82, 2.24) is 10.2 Å². The van der Waals surface area contributed by atoms with E-state index in [0.29, 0.717) is 5.84 Å². The Morgan fingerprint density at radius 1 is 1.22 bits per heavy atom. The molecule has 0 spiro atoms. The quantitative estimate of drug-likeness (QED) is 0.182. The fourth-order valence-corrected chi connectivity index (χ4v) is 1.72. The topological polar surface area (TPSA) is 73.9 Å². The molecule has 0 unspecified atom stereocenters. The molecule has 5 heteroatoms. The molecule has 0 saturated heterocycles. The minimum Gasteiger partial charge on any atom is -0.409 e. The fourth-order valence-electron chi connectivity index (χ4n) is 1.72.